The van der Waals surface area contributed by atoms with E-state index < -0.39 is 16.1 Å². The summed E-state index contributed by atoms with van der Waals surface area (Å²) in [5.74, 6) is -0.532. The number of sulfonamides is 1. The van der Waals surface area contributed by atoms with E-state index in [9.17, 15) is 18.0 Å². The summed E-state index contributed by atoms with van der Waals surface area (Å²) in [4.78, 5) is 27.3. The van der Waals surface area contributed by atoms with Crippen LogP contribution in [0, 0.1) is 0 Å². The quantitative estimate of drug-likeness (QED) is 0.607. The van der Waals surface area contributed by atoms with Crippen LogP contribution in [0.1, 0.15) is 18.9 Å². The third-order valence-corrected chi connectivity index (χ3v) is 7.81. The van der Waals surface area contributed by atoms with Crippen LogP contribution in [0.3, 0.4) is 0 Å². The lowest BCUT2D eigenvalue weighted by Crippen LogP contribution is -2.61. The van der Waals surface area contributed by atoms with Gasteiger partial charge in [0, 0.05) is 32.6 Å². The molecule has 2 amide bonds. The second-order valence-corrected chi connectivity index (χ2v) is 9.97. The van der Waals surface area contributed by atoms with Crippen molar-refractivity contribution in [2.24, 2.45) is 0 Å². The average Bonchev–Trinajstić information content (AvgIpc) is 2.86. The predicted octanol–water partition coefficient (Wildman–Crippen LogP) is 2.77. The number of nitrogens with zero attached hydrogens (tertiary/aromatic N) is 2. The van der Waals surface area contributed by atoms with Gasteiger partial charge in [0.25, 0.3) is 0 Å². The molecular formula is C25H27N3O4S. The van der Waals surface area contributed by atoms with Gasteiger partial charge in [-0.05, 0) is 34.5 Å². The second kappa shape index (κ2) is 9.72. The Morgan fingerprint density at radius 1 is 0.939 bits per heavy atom. The third kappa shape index (κ3) is 4.91. The summed E-state index contributed by atoms with van der Waals surface area (Å²) in [5.41, 5.74) is 0.931. The summed E-state index contributed by atoms with van der Waals surface area (Å²) in [6.45, 7) is 2.27. The molecule has 7 nitrogen and oxygen atoms in total. The largest absolute Gasteiger partial charge is 0.350 e. The van der Waals surface area contributed by atoms with Crippen molar-refractivity contribution in [3.8, 4) is 0 Å². The number of hydrogen-bond acceptors (Lipinski definition) is 4. The van der Waals surface area contributed by atoms with E-state index in [2.05, 4.69) is 5.32 Å². The lowest BCUT2D eigenvalue weighted by Gasteiger charge is -2.39. The van der Waals surface area contributed by atoms with Crippen LogP contribution in [0.2, 0.25) is 0 Å². The molecule has 1 saturated heterocycles. The number of carbonyl (C=O) groups excluding carboxylic acids is 2. The maximum atomic E-state index is 13.1. The van der Waals surface area contributed by atoms with Crippen LogP contribution >= 0.6 is 0 Å². The first-order valence-corrected chi connectivity index (χ1v) is 12.4. The van der Waals surface area contributed by atoms with Crippen LogP contribution in [-0.2, 0) is 26.2 Å². The van der Waals surface area contributed by atoms with Gasteiger partial charge in [0.15, 0.2) is 0 Å². The highest BCUT2D eigenvalue weighted by Gasteiger charge is 2.39. The lowest BCUT2D eigenvalue weighted by molar-refractivity contribution is -0.142. The van der Waals surface area contributed by atoms with Crippen molar-refractivity contribution < 1.29 is 18.0 Å². The standard InChI is InChI=1S/C25H27N3O4S/c1-2-24(29)28-15-14-27(33(31,32)22-10-4-3-5-11-22)18-23(28)25(30)26-17-19-12-13-20-8-6-7-9-21(20)16-19/h3-13,16,23H,2,14-15,17-18H2,1H3,(H,26,30). The van der Waals surface area contributed by atoms with Crippen LogP contribution in [0.15, 0.2) is 77.7 Å². The van der Waals surface area contributed by atoms with Gasteiger partial charge in [-0.3, -0.25) is 9.59 Å². The van der Waals surface area contributed by atoms with Crippen molar-refractivity contribution in [2.75, 3.05) is 19.6 Å². The Morgan fingerprint density at radius 2 is 1.64 bits per heavy atom. The Balaban J connectivity index is 1.52. The van der Waals surface area contributed by atoms with Gasteiger partial charge in [-0.15, -0.1) is 0 Å². The van der Waals surface area contributed by atoms with Crippen LogP contribution in [0.4, 0.5) is 0 Å². The minimum absolute atomic E-state index is 0.0769. The molecule has 0 saturated carbocycles. The Labute approximate surface area is 194 Å². The third-order valence-electron chi connectivity index (χ3n) is 5.93. The van der Waals surface area contributed by atoms with E-state index in [0.29, 0.717) is 6.54 Å². The number of amides is 2. The Kier molecular flexibility index (Phi) is 6.76. The normalized spacial score (nSPS) is 17.1. The molecule has 1 atom stereocenters. The Hall–Kier alpha value is -3.23. The van der Waals surface area contributed by atoms with Crippen molar-refractivity contribution in [2.45, 2.75) is 30.8 Å². The first kappa shape index (κ1) is 22.9. The molecule has 1 fully saturated rings. The second-order valence-electron chi connectivity index (χ2n) is 8.03. The molecule has 0 radical (unpaired) electrons. The molecule has 1 unspecified atom stereocenters. The minimum Gasteiger partial charge on any atom is -0.350 e. The van der Waals surface area contributed by atoms with Crippen LogP contribution in [0.25, 0.3) is 10.8 Å². The maximum Gasteiger partial charge on any atom is 0.244 e. The first-order chi connectivity index (χ1) is 15.9. The van der Waals surface area contributed by atoms with Crippen molar-refractivity contribution >= 4 is 32.6 Å². The molecule has 0 spiro atoms. The molecule has 1 N–H and O–H groups in total. The van der Waals surface area contributed by atoms with E-state index in [-0.39, 0.29) is 42.8 Å². The highest BCUT2D eigenvalue weighted by atomic mass is 32.2. The fraction of sp³-hybridized carbons (Fsp3) is 0.280. The molecule has 4 rings (SSSR count). The molecule has 8 heteroatoms. The van der Waals surface area contributed by atoms with Gasteiger partial charge >= 0.3 is 0 Å². The number of hydrogen-bond donors (Lipinski definition) is 1. The SMILES string of the molecule is CCC(=O)N1CCN(S(=O)(=O)c2ccccc2)CC1C(=O)NCc1ccc2ccccc2c1. The van der Waals surface area contributed by atoms with Crippen molar-refractivity contribution in [3.05, 3.63) is 78.4 Å². The van der Waals surface area contributed by atoms with E-state index in [1.165, 1.54) is 21.3 Å². The Bertz CT molecular complexity index is 1260. The highest BCUT2D eigenvalue weighted by Crippen LogP contribution is 2.21. The van der Waals surface area contributed by atoms with Crippen molar-refractivity contribution in [1.29, 1.82) is 0 Å². The zero-order chi connectivity index (χ0) is 23.4. The predicted molar refractivity (Wildman–Crippen MR) is 127 cm³/mol. The summed E-state index contributed by atoms with van der Waals surface area (Å²) < 4.78 is 27.5. The van der Waals surface area contributed by atoms with E-state index in [4.69, 9.17) is 0 Å². The van der Waals surface area contributed by atoms with Gasteiger partial charge in [-0.2, -0.15) is 4.31 Å². The fourth-order valence-corrected chi connectivity index (χ4v) is 5.56. The van der Waals surface area contributed by atoms with Gasteiger partial charge in [-0.1, -0.05) is 61.5 Å². The smallest absolute Gasteiger partial charge is 0.244 e. The summed E-state index contributed by atoms with van der Waals surface area (Å²) in [7, 11) is -3.76. The van der Waals surface area contributed by atoms with Gasteiger partial charge in [0.1, 0.15) is 6.04 Å². The molecule has 1 aliphatic rings. The molecular weight excluding hydrogens is 438 g/mol. The van der Waals surface area contributed by atoms with Crippen molar-refractivity contribution in [1.82, 2.24) is 14.5 Å². The van der Waals surface area contributed by atoms with E-state index in [1.807, 2.05) is 42.5 Å². The zero-order valence-electron chi connectivity index (χ0n) is 18.5. The number of nitrogens with one attached hydrogen (secondary N) is 1. The van der Waals surface area contributed by atoms with Gasteiger partial charge in [0.05, 0.1) is 4.90 Å². The maximum absolute atomic E-state index is 13.1. The Morgan fingerprint density at radius 3 is 2.36 bits per heavy atom. The van der Waals surface area contributed by atoms with Gasteiger partial charge in [-0.25, -0.2) is 8.42 Å². The molecule has 172 valence electrons. The van der Waals surface area contributed by atoms with Crippen molar-refractivity contribution in [3.63, 3.8) is 0 Å². The first-order valence-electron chi connectivity index (χ1n) is 11.0. The molecule has 0 aliphatic carbocycles. The van der Waals surface area contributed by atoms with E-state index in [1.54, 1.807) is 25.1 Å². The number of carbonyl (C=O) groups is 2. The number of rotatable bonds is 6. The number of benzene rings is 3. The number of piperazine rings is 1. The molecule has 0 bridgehead atoms. The molecule has 0 aromatic heterocycles. The minimum atomic E-state index is -3.76. The van der Waals surface area contributed by atoms with Crippen LogP contribution < -0.4 is 5.32 Å². The molecule has 1 heterocycles. The zero-order valence-corrected chi connectivity index (χ0v) is 19.3. The molecule has 3 aromatic carbocycles. The molecule has 3 aromatic rings. The average molecular weight is 466 g/mol. The summed E-state index contributed by atoms with van der Waals surface area (Å²) >= 11 is 0. The lowest BCUT2D eigenvalue weighted by atomic mass is 10.1. The monoisotopic (exact) mass is 465 g/mol. The van der Waals surface area contributed by atoms with E-state index >= 15 is 0 Å². The summed E-state index contributed by atoms with van der Waals surface area (Å²) in [5, 5.41) is 5.09. The summed E-state index contributed by atoms with van der Waals surface area (Å²) in [6.07, 6.45) is 0.250. The fourth-order valence-electron chi connectivity index (χ4n) is 4.10. The summed E-state index contributed by atoms with van der Waals surface area (Å²) in [6, 6.07) is 21.2. The molecule has 1 aliphatic heterocycles. The van der Waals surface area contributed by atoms with Gasteiger partial charge < -0.3 is 10.2 Å². The van der Waals surface area contributed by atoms with Crippen LogP contribution in [0.5, 0.6) is 0 Å². The van der Waals surface area contributed by atoms with Gasteiger partial charge in [0.2, 0.25) is 21.8 Å². The van der Waals surface area contributed by atoms with E-state index in [0.717, 1.165) is 16.3 Å². The highest BCUT2D eigenvalue weighted by molar-refractivity contribution is 7.89. The topological polar surface area (TPSA) is 86.8 Å². The molecule has 33 heavy (non-hydrogen) atoms. The number of fused-ring (bicyclic) bond motifs is 1. The van der Waals surface area contributed by atoms with Crippen LogP contribution in [-0.4, -0.2) is 55.1 Å².